The molecule has 0 fully saturated rings. The molecule has 0 N–H and O–H groups in total. The number of allylic oxidation sites excluding steroid dienone is 3. The number of hydrogen-bond acceptors (Lipinski definition) is 0. The van der Waals surface area contributed by atoms with Gasteiger partial charge >= 0.3 is 0 Å². The van der Waals surface area contributed by atoms with Gasteiger partial charge in [-0.05, 0) is 77.6 Å². The summed E-state index contributed by atoms with van der Waals surface area (Å²) in [5, 5.41) is 0. The zero-order chi connectivity index (χ0) is 39.7. The van der Waals surface area contributed by atoms with E-state index in [1.165, 1.54) is 197 Å². The van der Waals surface area contributed by atoms with Gasteiger partial charge in [0.15, 0.2) is 0 Å². The van der Waals surface area contributed by atoms with Crippen molar-refractivity contribution in [3.05, 3.63) is 36.5 Å². The van der Waals surface area contributed by atoms with Crippen molar-refractivity contribution in [2.75, 3.05) is 0 Å². The van der Waals surface area contributed by atoms with Crippen LogP contribution in [0.2, 0.25) is 0 Å². The maximum atomic E-state index is 4.02. The minimum Gasteiger partial charge on any atom is -0.100 e. The molecule has 0 aromatic heterocycles. The average Bonchev–Trinajstić information content (AvgIpc) is 3.10. The van der Waals surface area contributed by atoms with Gasteiger partial charge in [0.05, 0.1) is 0 Å². The maximum Gasteiger partial charge on any atom is -0.0300 e. The SMILES string of the molecule is C=C(C)CC.C=C(C)CCCC(CC)(CCC)CCCC(=C)C.CCCC.CCCCCCC.CCCCCCCC.CCCCCCCC. The van der Waals surface area contributed by atoms with E-state index in [-0.39, 0.29) is 0 Å². The van der Waals surface area contributed by atoms with Crippen molar-refractivity contribution in [3.8, 4) is 0 Å². The molecule has 0 heterocycles. The zero-order valence-electron chi connectivity index (χ0n) is 38.6. The van der Waals surface area contributed by atoms with Gasteiger partial charge in [-0.25, -0.2) is 0 Å². The molecular formula is C50H106. The topological polar surface area (TPSA) is 0 Å². The first-order valence-corrected chi connectivity index (χ1v) is 22.8. The van der Waals surface area contributed by atoms with Gasteiger partial charge in [0.1, 0.15) is 0 Å². The molecule has 0 amide bonds. The van der Waals surface area contributed by atoms with Crippen molar-refractivity contribution in [2.45, 2.75) is 283 Å². The van der Waals surface area contributed by atoms with Crippen LogP contribution >= 0.6 is 0 Å². The molecule has 0 nitrogen and oxygen atoms in total. The quantitative estimate of drug-likeness (QED) is 0.0589. The molecule has 306 valence electrons. The Morgan fingerprint density at radius 1 is 0.320 bits per heavy atom. The van der Waals surface area contributed by atoms with E-state index in [0.717, 1.165) is 6.42 Å². The Hall–Kier alpha value is -0.780. The minimum atomic E-state index is 0.583. The van der Waals surface area contributed by atoms with E-state index in [0.29, 0.717) is 5.41 Å². The highest BCUT2D eigenvalue weighted by atomic mass is 14.3. The molecule has 0 spiro atoms. The Morgan fingerprint density at radius 2 is 0.580 bits per heavy atom. The fourth-order valence-corrected chi connectivity index (χ4v) is 5.35. The van der Waals surface area contributed by atoms with Crippen molar-refractivity contribution in [2.24, 2.45) is 5.41 Å². The van der Waals surface area contributed by atoms with Crippen molar-refractivity contribution in [1.82, 2.24) is 0 Å². The van der Waals surface area contributed by atoms with E-state index >= 15 is 0 Å². The molecule has 0 radical (unpaired) electrons. The predicted molar refractivity (Wildman–Crippen MR) is 243 cm³/mol. The second-order valence-electron chi connectivity index (χ2n) is 15.4. The van der Waals surface area contributed by atoms with Crippen LogP contribution in [0.4, 0.5) is 0 Å². The normalized spacial score (nSPS) is 9.96. The standard InChI is InChI=1S/C18H34.2C8H18.C7H16.C5H10.C4H10/c1-7-13-18(8-2,14-9-11-16(3)4)15-10-12-17(5)6;2*1-3-5-7-8-6-4-2;1-3-5-7-6-4-2;1-4-5(2)3;1-3-4-2/h3,5,7-15H2,1-2,4,6H3;2*3-8H2,1-2H3;3-7H2,1-2H3;2,4H2,1,3H3;3-4H2,1-2H3. The summed E-state index contributed by atoms with van der Waals surface area (Å²) in [6.45, 7) is 42.7. The molecule has 0 saturated carbocycles. The Balaban J connectivity index is -0.000000127. The first-order valence-electron chi connectivity index (χ1n) is 22.8. The van der Waals surface area contributed by atoms with Crippen LogP contribution < -0.4 is 0 Å². The Labute approximate surface area is 324 Å². The highest BCUT2D eigenvalue weighted by Gasteiger charge is 2.25. The van der Waals surface area contributed by atoms with Gasteiger partial charge in [-0.1, -0.05) is 228 Å². The summed E-state index contributed by atoms with van der Waals surface area (Å²) in [7, 11) is 0. The molecule has 0 unspecified atom stereocenters. The fourth-order valence-electron chi connectivity index (χ4n) is 5.35. The van der Waals surface area contributed by atoms with E-state index in [2.05, 4.69) is 110 Å². The Bertz CT molecular complexity index is 543. The maximum absolute atomic E-state index is 4.02. The molecular weight excluding hydrogens is 601 g/mol. The largest absolute Gasteiger partial charge is 0.100 e. The van der Waals surface area contributed by atoms with Crippen molar-refractivity contribution in [1.29, 1.82) is 0 Å². The first-order chi connectivity index (χ1) is 23.9. The van der Waals surface area contributed by atoms with Crippen LogP contribution in [0.1, 0.15) is 283 Å². The molecule has 0 heteroatoms. The van der Waals surface area contributed by atoms with Gasteiger partial charge in [0.25, 0.3) is 0 Å². The first kappa shape index (κ1) is 61.3. The van der Waals surface area contributed by atoms with Crippen LogP contribution in [-0.2, 0) is 0 Å². The summed E-state index contributed by atoms with van der Waals surface area (Å²) in [6.07, 6.45) is 39.5. The monoisotopic (exact) mass is 707 g/mol. The van der Waals surface area contributed by atoms with E-state index < -0.39 is 0 Å². The van der Waals surface area contributed by atoms with Gasteiger partial charge in [0, 0.05) is 0 Å². The van der Waals surface area contributed by atoms with Crippen LogP contribution in [0.25, 0.3) is 0 Å². The molecule has 0 aliphatic carbocycles. The smallest absolute Gasteiger partial charge is 0.0300 e. The molecule has 0 saturated heterocycles. The lowest BCUT2D eigenvalue weighted by molar-refractivity contribution is 0.196. The lowest BCUT2D eigenvalue weighted by atomic mass is 9.72. The lowest BCUT2D eigenvalue weighted by Crippen LogP contribution is -2.20. The summed E-state index contributed by atoms with van der Waals surface area (Å²) in [5.41, 5.74) is 4.50. The summed E-state index contributed by atoms with van der Waals surface area (Å²) in [4.78, 5) is 0. The summed E-state index contributed by atoms with van der Waals surface area (Å²) >= 11 is 0. The Morgan fingerprint density at radius 3 is 0.740 bits per heavy atom. The molecule has 0 aliphatic rings. The van der Waals surface area contributed by atoms with Gasteiger partial charge < -0.3 is 0 Å². The summed E-state index contributed by atoms with van der Waals surface area (Å²) in [5.74, 6) is 0. The summed E-state index contributed by atoms with van der Waals surface area (Å²) < 4.78 is 0. The molecule has 0 atom stereocenters. The highest BCUT2D eigenvalue weighted by Crippen LogP contribution is 2.39. The van der Waals surface area contributed by atoms with Gasteiger partial charge in [-0.15, -0.1) is 19.7 Å². The average molecular weight is 707 g/mol. The molecule has 0 rings (SSSR count). The number of rotatable bonds is 27. The van der Waals surface area contributed by atoms with Crippen LogP contribution in [0.5, 0.6) is 0 Å². The minimum absolute atomic E-state index is 0.583. The molecule has 0 aromatic carbocycles. The predicted octanol–water partition coefficient (Wildman–Crippen LogP) is 20.2. The highest BCUT2D eigenvalue weighted by molar-refractivity contribution is 4.91. The van der Waals surface area contributed by atoms with Gasteiger partial charge in [-0.3, -0.25) is 0 Å². The Kier molecular flexibility index (Phi) is 70.5. The van der Waals surface area contributed by atoms with Crippen molar-refractivity contribution < 1.29 is 0 Å². The molecule has 0 aromatic rings. The van der Waals surface area contributed by atoms with E-state index in [4.69, 9.17) is 0 Å². The zero-order valence-corrected chi connectivity index (χ0v) is 38.6. The second kappa shape index (κ2) is 57.6. The van der Waals surface area contributed by atoms with Gasteiger partial charge in [0.2, 0.25) is 0 Å². The lowest BCUT2D eigenvalue weighted by Gasteiger charge is -2.33. The third kappa shape index (κ3) is 72.8. The van der Waals surface area contributed by atoms with E-state index in [1.54, 1.807) is 0 Å². The second-order valence-corrected chi connectivity index (χ2v) is 15.4. The van der Waals surface area contributed by atoms with Gasteiger partial charge in [-0.2, -0.15) is 0 Å². The molecule has 50 heavy (non-hydrogen) atoms. The van der Waals surface area contributed by atoms with Crippen LogP contribution in [0, 0.1) is 5.41 Å². The summed E-state index contributed by atoms with van der Waals surface area (Å²) in [6, 6.07) is 0. The third-order valence-electron chi connectivity index (χ3n) is 9.38. The molecule has 0 aliphatic heterocycles. The van der Waals surface area contributed by atoms with E-state index in [1.807, 2.05) is 6.92 Å². The van der Waals surface area contributed by atoms with Crippen LogP contribution in [-0.4, -0.2) is 0 Å². The fraction of sp³-hybridized carbons (Fsp3) is 0.880. The van der Waals surface area contributed by atoms with E-state index in [9.17, 15) is 0 Å². The number of hydrogen-bond donors (Lipinski definition) is 0. The van der Waals surface area contributed by atoms with Crippen molar-refractivity contribution in [3.63, 3.8) is 0 Å². The van der Waals surface area contributed by atoms with Crippen molar-refractivity contribution >= 4 is 0 Å². The van der Waals surface area contributed by atoms with Crippen LogP contribution in [0.15, 0.2) is 36.5 Å². The number of unbranched alkanes of at least 4 members (excludes halogenated alkanes) is 15. The van der Waals surface area contributed by atoms with Crippen LogP contribution in [0.3, 0.4) is 0 Å². The molecule has 0 bridgehead atoms. The third-order valence-corrected chi connectivity index (χ3v) is 9.38.